The molecular weight excluding hydrogens is 795 g/mol. The van der Waals surface area contributed by atoms with E-state index in [4.69, 9.17) is 12.6 Å². The van der Waals surface area contributed by atoms with Crippen LogP contribution in [0.1, 0.15) is 121 Å². The Morgan fingerprint density at radius 2 is 1.62 bits per heavy atom. The Kier molecular flexibility index (Phi) is 16.8. The third-order valence-electron chi connectivity index (χ3n) is 14.5. The highest BCUT2D eigenvalue weighted by atomic mass is 32.1. The van der Waals surface area contributed by atoms with Crippen molar-refractivity contribution in [3.05, 3.63) is 214 Å². The Hall–Kier alpha value is -4.86. The van der Waals surface area contributed by atoms with E-state index in [1.54, 1.807) is 0 Å². The first kappa shape index (κ1) is 50.1. The lowest BCUT2D eigenvalue weighted by molar-refractivity contribution is 0.234. The number of benzene rings is 3. The Labute approximate surface area is 394 Å². The standard InChI is InChI=1S/C61H74BFS/c1-14-19-38-60(13,55-33-23-22-31-49(55)42(7)34-36-45(15-2)16-3)44(9)52(40-56(57(63)18-5)61(62,64)59(10,11)12)58-43(8)35-37-51-50-32-25-29-47(53(50)39-54(51)58)28-24-27-46(17-4)48-30-21-20-26-41(48)6/h15,17-27,29-32,34-38,40,44,55,64H,5,7,14,16,28,33,39,62H2,1-4,6,8-13H3/b27-24-,36-34-,38-19?,45-15-,46-17+,52-40+,57-56-. The maximum absolute atomic E-state index is 16.8. The van der Waals surface area contributed by atoms with Gasteiger partial charge < -0.3 is 0 Å². The summed E-state index contributed by atoms with van der Waals surface area (Å²) in [4.78, 5) is 0. The molecule has 3 aromatic carbocycles. The average molecular weight is 869 g/mol. The lowest BCUT2D eigenvalue weighted by atomic mass is 9.58. The van der Waals surface area contributed by atoms with Gasteiger partial charge in [-0.1, -0.05) is 195 Å². The molecule has 0 bridgehead atoms. The van der Waals surface area contributed by atoms with E-state index in [2.05, 4.69) is 225 Å². The first-order chi connectivity index (χ1) is 30.4. The molecule has 0 radical (unpaired) electrons. The quantitative estimate of drug-likeness (QED) is 0.0465. The molecular formula is C61H74BFS. The summed E-state index contributed by atoms with van der Waals surface area (Å²) in [5, 5.41) is 0. The van der Waals surface area contributed by atoms with Crippen molar-refractivity contribution in [1.29, 1.82) is 0 Å². The van der Waals surface area contributed by atoms with Gasteiger partial charge in [-0.2, -0.15) is 12.6 Å². The van der Waals surface area contributed by atoms with Crippen molar-refractivity contribution >= 4 is 31.6 Å². The third kappa shape index (κ3) is 10.5. The zero-order valence-electron chi connectivity index (χ0n) is 41.1. The van der Waals surface area contributed by atoms with Crippen molar-refractivity contribution in [2.45, 2.75) is 113 Å². The molecule has 334 valence electrons. The molecule has 3 aromatic rings. The van der Waals surface area contributed by atoms with Crippen LogP contribution in [-0.2, 0) is 12.8 Å². The number of hydrogen-bond donors (Lipinski definition) is 1. The Bertz CT molecular complexity index is 2510. The van der Waals surface area contributed by atoms with Crippen molar-refractivity contribution < 1.29 is 4.39 Å². The van der Waals surface area contributed by atoms with E-state index >= 15 is 4.39 Å². The van der Waals surface area contributed by atoms with Gasteiger partial charge in [-0.15, -0.1) is 0 Å². The zero-order valence-corrected chi connectivity index (χ0v) is 42.0. The number of allylic oxidation sites excluding steroid dienone is 19. The van der Waals surface area contributed by atoms with Gasteiger partial charge in [0.1, 0.15) is 13.7 Å². The summed E-state index contributed by atoms with van der Waals surface area (Å²) in [7, 11) is 2.05. The SMILES string of the molecule is BC(S)(C(/C=C(/c1c(C)ccc2c1Cc1c(C/C=C\C(=C/C)c3ccccc3C)cccc1-2)C(C)C(C)(C=CCC)C1CC=CC=C1C(=C)/C=C\C(=C/C)CC)=C(\F)C=C)C(C)(C)C. The fourth-order valence-electron chi connectivity index (χ4n) is 9.68. The van der Waals surface area contributed by atoms with Gasteiger partial charge in [0.05, 0.1) is 0 Å². The molecule has 0 saturated carbocycles. The van der Waals surface area contributed by atoms with E-state index in [-0.39, 0.29) is 23.1 Å². The molecule has 0 saturated heterocycles. The van der Waals surface area contributed by atoms with Gasteiger partial charge in [-0.05, 0) is 166 Å². The van der Waals surface area contributed by atoms with Crippen molar-refractivity contribution in [2.24, 2.45) is 22.7 Å². The van der Waals surface area contributed by atoms with Crippen LogP contribution < -0.4 is 0 Å². The first-order valence-electron chi connectivity index (χ1n) is 23.6. The zero-order chi connectivity index (χ0) is 47.0. The molecule has 0 N–H and O–H groups in total. The molecule has 5 rings (SSSR count). The third-order valence-corrected chi connectivity index (χ3v) is 15.4. The summed E-state index contributed by atoms with van der Waals surface area (Å²) in [6, 6.07) is 20.0. The number of hydrogen-bond acceptors (Lipinski definition) is 1. The minimum atomic E-state index is -0.828. The molecule has 0 amide bonds. The maximum atomic E-state index is 16.8. The molecule has 64 heavy (non-hydrogen) atoms. The van der Waals surface area contributed by atoms with Gasteiger partial charge in [0.2, 0.25) is 0 Å². The number of halogens is 1. The lowest BCUT2D eigenvalue weighted by Gasteiger charge is -2.45. The van der Waals surface area contributed by atoms with Crippen LogP contribution in [0, 0.1) is 36.5 Å². The number of thiol groups is 1. The fourth-order valence-corrected chi connectivity index (χ4v) is 9.85. The summed E-state index contributed by atoms with van der Waals surface area (Å²) < 4.78 is 15.9. The molecule has 2 aliphatic carbocycles. The smallest absolute Gasteiger partial charge is 0.128 e. The molecule has 0 fully saturated rings. The molecule has 0 spiro atoms. The highest BCUT2D eigenvalue weighted by Gasteiger charge is 2.44. The van der Waals surface area contributed by atoms with Gasteiger partial charge in [0.15, 0.2) is 0 Å². The van der Waals surface area contributed by atoms with Gasteiger partial charge in [0, 0.05) is 4.65 Å². The minimum absolute atomic E-state index is 0.0672. The minimum Gasteiger partial charge on any atom is -0.207 e. The fraction of sp³-hybridized carbons (Fsp3) is 0.344. The van der Waals surface area contributed by atoms with Crippen LogP contribution in [0.4, 0.5) is 4.39 Å². The second kappa shape index (κ2) is 21.4. The van der Waals surface area contributed by atoms with Crippen LogP contribution in [0.15, 0.2) is 175 Å². The second-order valence-corrected chi connectivity index (χ2v) is 20.2. The van der Waals surface area contributed by atoms with E-state index in [0.717, 1.165) is 43.3 Å². The largest absolute Gasteiger partial charge is 0.207 e. The van der Waals surface area contributed by atoms with Crippen LogP contribution in [0.2, 0.25) is 0 Å². The van der Waals surface area contributed by atoms with Gasteiger partial charge >= 0.3 is 0 Å². The molecule has 4 unspecified atom stereocenters. The summed E-state index contributed by atoms with van der Waals surface area (Å²) in [6.07, 6.45) is 32.8. The van der Waals surface area contributed by atoms with E-state index in [0.29, 0.717) is 5.57 Å². The molecule has 2 aliphatic rings. The van der Waals surface area contributed by atoms with Crippen molar-refractivity contribution in [1.82, 2.24) is 0 Å². The number of aryl methyl sites for hydroxylation is 2. The Morgan fingerprint density at radius 3 is 2.27 bits per heavy atom. The molecule has 0 aromatic heterocycles. The van der Waals surface area contributed by atoms with Crippen molar-refractivity contribution in [2.75, 3.05) is 0 Å². The first-order valence-corrected chi connectivity index (χ1v) is 24.0. The van der Waals surface area contributed by atoms with E-state index in [9.17, 15) is 0 Å². The van der Waals surface area contributed by atoms with E-state index in [1.807, 2.05) is 0 Å². The van der Waals surface area contributed by atoms with Gasteiger partial charge in [0.25, 0.3) is 0 Å². The maximum Gasteiger partial charge on any atom is 0.128 e. The Balaban J connectivity index is 1.73. The van der Waals surface area contributed by atoms with Crippen LogP contribution in [0.3, 0.4) is 0 Å². The van der Waals surface area contributed by atoms with E-state index in [1.165, 1.54) is 72.9 Å². The summed E-state index contributed by atoms with van der Waals surface area (Å²) in [5.41, 5.74) is 17.2. The van der Waals surface area contributed by atoms with Gasteiger partial charge in [-0.3, -0.25) is 0 Å². The molecule has 0 aliphatic heterocycles. The molecule has 4 atom stereocenters. The van der Waals surface area contributed by atoms with Crippen LogP contribution in [-0.4, -0.2) is 12.5 Å². The van der Waals surface area contributed by atoms with Crippen LogP contribution in [0.5, 0.6) is 0 Å². The summed E-state index contributed by atoms with van der Waals surface area (Å²) in [5.74, 6) is -0.294. The average Bonchev–Trinajstić information content (AvgIpc) is 3.66. The van der Waals surface area contributed by atoms with Crippen LogP contribution in [0.25, 0.3) is 22.3 Å². The predicted octanol–water partition coefficient (Wildman–Crippen LogP) is 16.8. The van der Waals surface area contributed by atoms with Crippen molar-refractivity contribution in [3.63, 3.8) is 0 Å². The van der Waals surface area contributed by atoms with Crippen molar-refractivity contribution in [3.8, 4) is 11.1 Å². The topological polar surface area (TPSA) is 0 Å². The molecule has 0 heterocycles. The monoisotopic (exact) mass is 869 g/mol. The molecule has 3 heteroatoms. The summed E-state index contributed by atoms with van der Waals surface area (Å²) in [6.45, 7) is 32.9. The van der Waals surface area contributed by atoms with Crippen LogP contribution >= 0.6 is 12.6 Å². The number of rotatable bonds is 17. The molecule has 0 nitrogen and oxygen atoms in total. The Morgan fingerprint density at radius 1 is 0.906 bits per heavy atom. The van der Waals surface area contributed by atoms with Gasteiger partial charge in [-0.25, -0.2) is 4.39 Å². The van der Waals surface area contributed by atoms with E-state index < -0.39 is 10.1 Å². The number of fused-ring (bicyclic) bond motifs is 3. The summed E-state index contributed by atoms with van der Waals surface area (Å²) >= 11 is 5.33. The normalized spacial score (nSPS) is 18.7. The highest BCUT2D eigenvalue weighted by molar-refractivity contribution is 7.83. The predicted molar refractivity (Wildman–Crippen MR) is 287 cm³/mol. The lowest BCUT2D eigenvalue weighted by Crippen LogP contribution is -2.40. The highest BCUT2D eigenvalue weighted by Crippen LogP contribution is 2.54. The second-order valence-electron chi connectivity index (χ2n) is 19.3.